The van der Waals surface area contributed by atoms with E-state index >= 15 is 0 Å². The van der Waals surface area contributed by atoms with E-state index in [0.717, 1.165) is 18.3 Å². The number of aromatic nitrogens is 2. The molecule has 0 saturated heterocycles. The number of nitrogens with zero attached hydrogens (tertiary/aromatic N) is 1. The molecule has 2 rings (SSSR count). The van der Waals surface area contributed by atoms with Crippen molar-refractivity contribution >= 4 is 21.5 Å². The molecule has 4 N–H and O–H groups in total. The van der Waals surface area contributed by atoms with E-state index in [4.69, 9.17) is 5.73 Å². The number of alkyl halides is 2. The normalized spacial score (nSPS) is 11.6. The summed E-state index contributed by atoms with van der Waals surface area (Å²) in [7, 11) is -4.08. The predicted octanol–water partition coefficient (Wildman–Crippen LogP) is 1.53. The average Bonchev–Trinajstić information content (AvgIpc) is 2.79. The van der Waals surface area contributed by atoms with Crippen molar-refractivity contribution in [3.63, 3.8) is 0 Å². The van der Waals surface area contributed by atoms with Crippen molar-refractivity contribution in [1.29, 1.82) is 0 Å². The summed E-state index contributed by atoms with van der Waals surface area (Å²) in [4.78, 5) is -0.323. The molecule has 0 atom stereocenters. The van der Waals surface area contributed by atoms with Gasteiger partial charge < -0.3 is 10.5 Å². The van der Waals surface area contributed by atoms with Gasteiger partial charge in [0.25, 0.3) is 10.0 Å². The number of nitrogens with one attached hydrogen (secondary N) is 2. The van der Waals surface area contributed by atoms with E-state index < -0.39 is 28.2 Å². The van der Waals surface area contributed by atoms with E-state index in [1.807, 2.05) is 4.72 Å². The largest absolute Gasteiger partial charge is 0.432 e. The molecule has 7 nitrogen and oxygen atoms in total. The summed E-state index contributed by atoms with van der Waals surface area (Å²) in [5.74, 6) is -2.04. The molecule has 11 heteroatoms. The number of sulfonamides is 1. The Morgan fingerprint density at radius 2 is 2.10 bits per heavy atom. The van der Waals surface area contributed by atoms with Crippen LogP contribution in [-0.2, 0) is 10.0 Å². The summed E-state index contributed by atoms with van der Waals surface area (Å²) in [6, 6.07) is 2.64. The fourth-order valence-electron chi connectivity index (χ4n) is 1.47. The zero-order chi connectivity index (χ0) is 15.6. The Morgan fingerprint density at radius 1 is 1.38 bits per heavy atom. The van der Waals surface area contributed by atoms with Crippen molar-refractivity contribution in [2.75, 3.05) is 10.5 Å². The third-order valence-corrected chi connectivity index (χ3v) is 3.73. The number of benzene rings is 1. The second-order valence-electron chi connectivity index (χ2n) is 3.78. The highest BCUT2D eigenvalue weighted by Crippen LogP contribution is 2.25. The summed E-state index contributed by atoms with van der Waals surface area (Å²) in [6.45, 7) is -3.19. The van der Waals surface area contributed by atoms with Crippen LogP contribution >= 0.6 is 0 Å². The number of halogens is 3. The minimum Gasteiger partial charge on any atom is -0.432 e. The summed E-state index contributed by atoms with van der Waals surface area (Å²) < 4.78 is 67.2. The SMILES string of the molecule is Nc1[nH]ncc1S(=O)(=O)Nc1ccc(OC(F)F)c(F)c1. The van der Waals surface area contributed by atoms with Crippen molar-refractivity contribution in [2.45, 2.75) is 11.5 Å². The van der Waals surface area contributed by atoms with E-state index in [2.05, 4.69) is 14.9 Å². The fraction of sp³-hybridized carbons (Fsp3) is 0.100. The molecule has 114 valence electrons. The van der Waals surface area contributed by atoms with Crippen LogP contribution in [0.4, 0.5) is 24.7 Å². The van der Waals surface area contributed by atoms with Crippen molar-refractivity contribution < 1.29 is 26.3 Å². The van der Waals surface area contributed by atoms with Crippen molar-refractivity contribution in [3.8, 4) is 5.75 Å². The monoisotopic (exact) mass is 322 g/mol. The van der Waals surface area contributed by atoms with Gasteiger partial charge in [-0.25, -0.2) is 12.8 Å². The second-order valence-corrected chi connectivity index (χ2v) is 5.43. The minimum absolute atomic E-state index is 0.185. The van der Waals surface area contributed by atoms with Gasteiger partial charge in [-0.1, -0.05) is 0 Å². The van der Waals surface area contributed by atoms with Gasteiger partial charge in [0.2, 0.25) is 0 Å². The molecule has 0 aliphatic rings. The van der Waals surface area contributed by atoms with Crippen LogP contribution in [0.1, 0.15) is 0 Å². The Kier molecular flexibility index (Phi) is 3.93. The lowest BCUT2D eigenvalue weighted by Crippen LogP contribution is -2.14. The highest BCUT2D eigenvalue weighted by molar-refractivity contribution is 7.92. The molecule has 0 aliphatic carbocycles. The maximum absolute atomic E-state index is 13.5. The quantitative estimate of drug-likeness (QED) is 0.773. The molecule has 0 saturated carbocycles. The molecular formula is C10H9F3N4O3S. The molecule has 0 aliphatic heterocycles. The number of rotatable bonds is 5. The predicted molar refractivity (Wildman–Crippen MR) is 66.8 cm³/mol. The summed E-state index contributed by atoms with van der Waals surface area (Å²) >= 11 is 0. The van der Waals surface area contributed by atoms with Gasteiger partial charge in [-0.3, -0.25) is 9.82 Å². The zero-order valence-corrected chi connectivity index (χ0v) is 11.0. The molecule has 2 aromatic rings. The highest BCUT2D eigenvalue weighted by atomic mass is 32.2. The second kappa shape index (κ2) is 5.52. The summed E-state index contributed by atoms with van der Waals surface area (Å²) in [6.07, 6.45) is 0.975. The molecule has 0 unspecified atom stereocenters. The first-order valence-electron chi connectivity index (χ1n) is 5.35. The minimum atomic E-state index is -4.08. The molecule has 1 heterocycles. The molecular weight excluding hydrogens is 313 g/mol. The van der Waals surface area contributed by atoms with Crippen LogP contribution < -0.4 is 15.2 Å². The van der Waals surface area contributed by atoms with Crippen LogP contribution in [0.15, 0.2) is 29.3 Å². The Balaban J connectivity index is 2.24. The Hall–Kier alpha value is -2.43. The number of aromatic amines is 1. The number of anilines is 2. The maximum atomic E-state index is 13.5. The lowest BCUT2D eigenvalue weighted by molar-refractivity contribution is -0.0521. The van der Waals surface area contributed by atoms with Gasteiger partial charge in [0, 0.05) is 6.07 Å². The van der Waals surface area contributed by atoms with E-state index in [-0.39, 0.29) is 16.4 Å². The third-order valence-electron chi connectivity index (χ3n) is 2.32. The topological polar surface area (TPSA) is 110 Å². The highest BCUT2D eigenvalue weighted by Gasteiger charge is 2.20. The van der Waals surface area contributed by atoms with E-state index in [1.54, 1.807) is 0 Å². The number of H-pyrrole nitrogens is 1. The summed E-state index contributed by atoms with van der Waals surface area (Å²) in [5.41, 5.74) is 5.19. The van der Waals surface area contributed by atoms with Gasteiger partial charge in [0.05, 0.1) is 11.9 Å². The van der Waals surface area contributed by atoms with Crippen LogP contribution in [0.25, 0.3) is 0 Å². The first kappa shape index (κ1) is 15.0. The van der Waals surface area contributed by atoms with Crippen molar-refractivity contribution in [3.05, 3.63) is 30.2 Å². The lowest BCUT2D eigenvalue weighted by atomic mass is 10.3. The Morgan fingerprint density at radius 3 is 2.62 bits per heavy atom. The number of hydrogen-bond donors (Lipinski definition) is 3. The van der Waals surface area contributed by atoms with Crippen molar-refractivity contribution in [1.82, 2.24) is 10.2 Å². The first-order chi connectivity index (χ1) is 9.79. The van der Waals surface area contributed by atoms with Crippen LogP contribution in [0.5, 0.6) is 5.75 Å². The molecule has 0 spiro atoms. The van der Waals surface area contributed by atoms with Gasteiger partial charge in [-0.05, 0) is 12.1 Å². The molecule has 0 bridgehead atoms. The smallest absolute Gasteiger partial charge is 0.387 e. The average molecular weight is 322 g/mol. The van der Waals surface area contributed by atoms with Crippen LogP contribution in [0.3, 0.4) is 0 Å². The fourth-order valence-corrected chi connectivity index (χ4v) is 2.54. The number of ether oxygens (including phenoxy) is 1. The standard InChI is InChI=1S/C10H9F3N4O3S/c11-6-3-5(1-2-7(6)20-10(12)13)17-21(18,19)8-4-15-16-9(8)14/h1-4,10,17H,(H3,14,15,16). The van der Waals surface area contributed by atoms with E-state index in [0.29, 0.717) is 6.07 Å². The molecule has 0 radical (unpaired) electrons. The van der Waals surface area contributed by atoms with Gasteiger partial charge in [-0.15, -0.1) is 0 Å². The van der Waals surface area contributed by atoms with Gasteiger partial charge in [0.1, 0.15) is 10.7 Å². The molecule has 21 heavy (non-hydrogen) atoms. The first-order valence-corrected chi connectivity index (χ1v) is 6.84. The lowest BCUT2D eigenvalue weighted by Gasteiger charge is -2.09. The molecule has 1 aromatic carbocycles. The summed E-state index contributed by atoms with van der Waals surface area (Å²) in [5, 5.41) is 5.68. The number of nitrogen functional groups attached to an aromatic ring is 1. The molecule has 0 fully saturated rings. The number of nitrogens with two attached hydrogens (primary N) is 1. The number of hydrogen-bond acceptors (Lipinski definition) is 5. The van der Waals surface area contributed by atoms with Gasteiger partial charge in [-0.2, -0.15) is 13.9 Å². The molecule has 0 amide bonds. The van der Waals surface area contributed by atoms with Crippen LogP contribution in [0.2, 0.25) is 0 Å². The third kappa shape index (κ3) is 3.37. The van der Waals surface area contributed by atoms with Crippen LogP contribution in [0, 0.1) is 5.82 Å². The molecule has 1 aromatic heterocycles. The van der Waals surface area contributed by atoms with Gasteiger partial charge in [0.15, 0.2) is 11.6 Å². The van der Waals surface area contributed by atoms with E-state index in [9.17, 15) is 21.6 Å². The van der Waals surface area contributed by atoms with Crippen molar-refractivity contribution in [2.24, 2.45) is 0 Å². The van der Waals surface area contributed by atoms with Crippen LogP contribution in [-0.4, -0.2) is 25.2 Å². The zero-order valence-electron chi connectivity index (χ0n) is 10.2. The Labute approximate surface area is 117 Å². The van der Waals surface area contributed by atoms with E-state index in [1.165, 1.54) is 0 Å². The Bertz CT molecular complexity index is 748. The van der Waals surface area contributed by atoms with Gasteiger partial charge >= 0.3 is 6.61 Å². The maximum Gasteiger partial charge on any atom is 0.387 e.